The van der Waals surface area contributed by atoms with Crippen LogP contribution in [-0.4, -0.2) is 9.13 Å². The van der Waals surface area contributed by atoms with Gasteiger partial charge in [0.25, 0.3) is 11.1 Å². The molecule has 0 aliphatic carbocycles. The van der Waals surface area contributed by atoms with Crippen molar-refractivity contribution < 1.29 is 4.74 Å². The number of hydrogen-bond acceptors (Lipinski definition) is 3. The predicted molar refractivity (Wildman–Crippen MR) is 85.8 cm³/mol. The standard InChI is InChI=1S/C17H16N2O3/c1-4-18-13(20)5-9(2)11-7-12-10(3)6-14(21)19-8-22-17(15(11)18)16(12)19/h5-7H,4,8H2,1-3H3. The Labute approximate surface area is 126 Å². The fourth-order valence-corrected chi connectivity index (χ4v) is 3.39. The molecular formula is C17H16N2O3. The van der Waals surface area contributed by atoms with Gasteiger partial charge in [-0.25, -0.2) is 0 Å². The molecule has 5 heteroatoms. The molecule has 0 fully saturated rings. The summed E-state index contributed by atoms with van der Waals surface area (Å²) >= 11 is 0. The van der Waals surface area contributed by atoms with Crippen LogP contribution < -0.4 is 15.9 Å². The van der Waals surface area contributed by atoms with E-state index in [0.717, 1.165) is 32.9 Å². The van der Waals surface area contributed by atoms with E-state index in [-0.39, 0.29) is 17.8 Å². The second-order valence-corrected chi connectivity index (χ2v) is 5.77. The first-order valence-corrected chi connectivity index (χ1v) is 7.37. The first-order chi connectivity index (χ1) is 10.5. The number of benzene rings is 1. The molecule has 0 atom stereocenters. The van der Waals surface area contributed by atoms with Crippen molar-refractivity contribution in [3.63, 3.8) is 0 Å². The third kappa shape index (κ3) is 1.48. The Morgan fingerprint density at radius 3 is 2.32 bits per heavy atom. The highest BCUT2D eigenvalue weighted by Crippen LogP contribution is 2.39. The average Bonchev–Trinajstić information content (AvgIpc) is 2.91. The van der Waals surface area contributed by atoms with Gasteiger partial charge in [-0.05, 0) is 38.0 Å². The molecule has 3 aromatic rings. The highest BCUT2D eigenvalue weighted by molar-refractivity contribution is 6.05. The van der Waals surface area contributed by atoms with Crippen LogP contribution >= 0.6 is 0 Å². The number of rotatable bonds is 1. The quantitative estimate of drug-likeness (QED) is 0.647. The molecule has 0 bridgehead atoms. The van der Waals surface area contributed by atoms with Gasteiger partial charge in [0.15, 0.2) is 12.5 Å². The summed E-state index contributed by atoms with van der Waals surface area (Å²) in [6, 6.07) is 5.36. The van der Waals surface area contributed by atoms with E-state index >= 15 is 0 Å². The maximum atomic E-state index is 12.3. The zero-order valence-electron chi connectivity index (χ0n) is 12.8. The van der Waals surface area contributed by atoms with Gasteiger partial charge in [-0.3, -0.25) is 14.2 Å². The molecule has 0 saturated carbocycles. The lowest BCUT2D eigenvalue weighted by molar-refractivity contribution is 0.268. The fraction of sp³-hybridized carbons (Fsp3) is 0.294. The SMILES string of the molecule is CCn1c(=O)cc(C)c2cc3c(C)cc(=O)n4c3c(c21)OC4. The molecule has 1 aliphatic heterocycles. The third-order valence-corrected chi connectivity index (χ3v) is 4.48. The van der Waals surface area contributed by atoms with E-state index in [1.54, 1.807) is 21.3 Å². The Morgan fingerprint density at radius 2 is 1.64 bits per heavy atom. The van der Waals surface area contributed by atoms with Crippen LogP contribution in [0.25, 0.3) is 21.8 Å². The van der Waals surface area contributed by atoms with Crippen molar-refractivity contribution in [3.8, 4) is 5.75 Å². The molecule has 1 aromatic carbocycles. The van der Waals surface area contributed by atoms with E-state index in [0.29, 0.717) is 12.3 Å². The lowest BCUT2D eigenvalue weighted by atomic mass is 10.0. The summed E-state index contributed by atoms with van der Waals surface area (Å²) in [5.74, 6) is 0.649. The Hall–Kier alpha value is -2.56. The van der Waals surface area contributed by atoms with E-state index in [2.05, 4.69) is 6.07 Å². The maximum Gasteiger partial charge on any atom is 0.254 e. The van der Waals surface area contributed by atoms with Crippen LogP contribution in [0.4, 0.5) is 0 Å². The minimum atomic E-state index is -0.0684. The first kappa shape index (κ1) is 13.1. The Morgan fingerprint density at radius 1 is 1.00 bits per heavy atom. The summed E-state index contributed by atoms with van der Waals surface area (Å²) in [4.78, 5) is 24.4. The van der Waals surface area contributed by atoms with Gasteiger partial charge in [-0.2, -0.15) is 0 Å². The van der Waals surface area contributed by atoms with Crippen LogP contribution in [0.3, 0.4) is 0 Å². The Bertz CT molecular complexity index is 1070. The Kier molecular flexibility index (Phi) is 2.52. The molecule has 5 nitrogen and oxygen atoms in total. The molecule has 0 unspecified atom stereocenters. The maximum absolute atomic E-state index is 12.3. The van der Waals surface area contributed by atoms with Crippen LogP contribution in [0.15, 0.2) is 27.8 Å². The van der Waals surface area contributed by atoms with Gasteiger partial charge in [0.05, 0.1) is 11.0 Å². The molecular weight excluding hydrogens is 280 g/mol. The van der Waals surface area contributed by atoms with Crippen molar-refractivity contribution in [2.45, 2.75) is 34.0 Å². The van der Waals surface area contributed by atoms with Crippen molar-refractivity contribution in [1.29, 1.82) is 0 Å². The van der Waals surface area contributed by atoms with Crippen molar-refractivity contribution in [3.05, 3.63) is 50.0 Å². The van der Waals surface area contributed by atoms with Gasteiger partial charge in [-0.15, -0.1) is 0 Å². The van der Waals surface area contributed by atoms with Crippen molar-refractivity contribution in [2.24, 2.45) is 0 Å². The number of aryl methyl sites for hydroxylation is 3. The molecule has 0 N–H and O–H groups in total. The Balaban J connectivity index is 2.38. The number of hydrogen-bond donors (Lipinski definition) is 0. The molecule has 0 radical (unpaired) electrons. The van der Waals surface area contributed by atoms with Crippen molar-refractivity contribution >= 4 is 21.8 Å². The number of nitrogens with zero attached hydrogens (tertiary/aromatic N) is 2. The van der Waals surface area contributed by atoms with Crippen LogP contribution in [0.1, 0.15) is 18.1 Å². The van der Waals surface area contributed by atoms with E-state index in [9.17, 15) is 9.59 Å². The van der Waals surface area contributed by atoms with Gasteiger partial charge >= 0.3 is 0 Å². The summed E-state index contributed by atoms with van der Waals surface area (Å²) in [5, 5.41) is 2.00. The normalized spacial score (nSPS) is 13.0. The van der Waals surface area contributed by atoms with Gasteiger partial charge < -0.3 is 9.30 Å². The number of pyridine rings is 2. The van der Waals surface area contributed by atoms with Crippen LogP contribution in [-0.2, 0) is 13.3 Å². The minimum Gasteiger partial charge on any atom is -0.468 e. The summed E-state index contributed by atoms with van der Waals surface area (Å²) in [7, 11) is 0. The zero-order chi connectivity index (χ0) is 15.6. The minimum absolute atomic E-state index is 0.0415. The topological polar surface area (TPSA) is 53.2 Å². The monoisotopic (exact) mass is 296 g/mol. The van der Waals surface area contributed by atoms with Crippen LogP contribution in [0, 0.1) is 13.8 Å². The lowest BCUT2D eigenvalue weighted by Gasteiger charge is -2.14. The fourth-order valence-electron chi connectivity index (χ4n) is 3.39. The molecule has 2 aromatic heterocycles. The number of ether oxygens (including phenoxy) is 1. The van der Waals surface area contributed by atoms with E-state index < -0.39 is 0 Å². The first-order valence-electron chi connectivity index (χ1n) is 7.37. The third-order valence-electron chi connectivity index (χ3n) is 4.48. The van der Waals surface area contributed by atoms with E-state index in [1.165, 1.54) is 0 Å². The molecule has 1 aliphatic rings. The summed E-state index contributed by atoms with van der Waals surface area (Å²) in [6.45, 7) is 6.57. The van der Waals surface area contributed by atoms with E-state index in [1.807, 2.05) is 20.8 Å². The zero-order valence-corrected chi connectivity index (χ0v) is 12.8. The van der Waals surface area contributed by atoms with Gasteiger partial charge in [0.2, 0.25) is 0 Å². The highest BCUT2D eigenvalue weighted by atomic mass is 16.5. The number of aromatic nitrogens is 2. The summed E-state index contributed by atoms with van der Waals surface area (Å²) in [5.41, 5.74) is 3.33. The van der Waals surface area contributed by atoms with E-state index in [4.69, 9.17) is 4.74 Å². The molecule has 22 heavy (non-hydrogen) atoms. The van der Waals surface area contributed by atoms with Crippen LogP contribution in [0.5, 0.6) is 5.75 Å². The smallest absolute Gasteiger partial charge is 0.254 e. The summed E-state index contributed by atoms with van der Waals surface area (Å²) in [6.07, 6.45) is 0. The van der Waals surface area contributed by atoms with Gasteiger partial charge in [0.1, 0.15) is 0 Å². The van der Waals surface area contributed by atoms with Crippen LogP contribution in [0.2, 0.25) is 0 Å². The van der Waals surface area contributed by atoms with Crippen molar-refractivity contribution in [2.75, 3.05) is 0 Å². The molecule has 4 rings (SSSR count). The lowest BCUT2D eigenvalue weighted by Crippen LogP contribution is -2.19. The van der Waals surface area contributed by atoms with Gasteiger partial charge in [0, 0.05) is 29.4 Å². The highest BCUT2D eigenvalue weighted by Gasteiger charge is 2.23. The number of fused-ring (bicyclic) bond motifs is 2. The molecule has 0 amide bonds. The van der Waals surface area contributed by atoms with Crippen molar-refractivity contribution in [1.82, 2.24) is 9.13 Å². The second kappa shape index (κ2) is 4.22. The predicted octanol–water partition coefficient (Wildman–Crippen LogP) is 2.30. The molecule has 112 valence electrons. The summed E-state index contributed by atoms with van der Waals surface area (Å²) < 4.78 is 9.16. The largest absolute Gasteiger partial charge is 0.468 e. The average molecular weight is 296 g/mol. The second-order valence-electron chi connectivity index (χ2n) is 5.77. The molecule has 3 heterocycles. The molecule has 0 spiro atoms. The van der Waals surface area contributed by atoms with Gasteiger partial charge in [-0.1, -0.05) is 0 Å². The molecule has 0 saturated heterocycles.